The molecule has 0 amide bonds. The van der Waals surface area contributed by atoms with Gasteiger partial charge in [0.2, 0.25) is 0 Å². The zero-order valence-electron chi connectivity index (χ0n) is 20.1. The zero-order valence-corrected chi connectivity index (χ0v) is 20.1. The molecule has 0 aliphatic rings. The van der Waals surface area contributed by atoms with Gasteiger partial charge in [0.1, 0.15) is 12.1 Å². The van der Waals surface area contributed by atoms with E-state index in [0.29, 0.717) is 26.2 Å². The van der Waals surface area contributed by atoms with Crippen LogP contribution in [0.3, 0.4) is 0 Å². The molecule has 0 aromatic heterocycles. The number of nitrogens with zero attached hydrogens (tertiary/aromatic N) is 4. The van der Waals surface area contributed by atoms with E-state index in [9.17, 15) is 25.2 Å². The molecule has 3 N–H and O–H groups in total. The third-order valence-corrected chi connectivity index (χ3v) is 4.96. The topological polar surface area (TPSA) is 149 Å². The summed E-state index contributed by atoms with van der Waals surface area (Å²) in [5.74, 6) is -0.817. The van der Waals surface area contributed by atoms with Gasteiger partial charge in [-0.3, -0.25) is 9.59 Å². The van der Waals surface area contributed by atoms with E-state index in [-0.39, 0.29) is 50.0 Å². The Morgan fingerprint density at radius 1 is 0.824 bits per heavy atom. The van der Waals surface area contributed by atoms with Crippen molar-refractivity contribution in [2.45, 2.75) is 45.6 Å². The van der Waals surface area contributed by atoms with Crippen LogP contribution in [-0.2, 0) is 9.59 Å². The number of hydrogen-bond donors (Lipinski definition) is 3. The number of ketones is 2. The van der Waals surface area contributed by atoms with Crippen LogP contribution >= 0.6 is 0 Å². The quantitative estimate of drug-likeness (QED) is 0.154. The molecular weight excluding hydrogens is 436 g/mol. The summed E-state index contributed by atoms with van der Waals surface area (Å²) in [6, 6.07) is 3.70. The van der Waals surface area contributed by atoms with Crippen molar-refractivity contribution in [1.29, 1.82) is 10.5 Å². The molecule has 0 radical (unpaired) electrons. The van der Waals surface area contributed by atoms with E-state index in [0.717, 1.165) is 0 Å². The molecule has 0 saturated carbocycles. The number of carbonyl (C=O) groups is 2. The highest BCUT2D eigenvalue weighted by atomic mass is 16.3. The van der Waals surface area contributed by atoms with Gasteiger partial charge in [-0.05, 0) is 63.4 Å². The first kappa shape index (κ1) is 30.8. The summed E-state index contributed by atoms with van der Waals surface area (Å²) < 4.78 is 0. The second kappa shape index (κ2) is 19.2. The number of aliphatic hydroxyl groups is 3. The average Bonchev–Trinajstić information content (AvgIpc) is 2.84. The van der Waals surface area contributed by atoms with Crippen LogP contribution in [0.4, 0.5) is 0 Å². The first-order chi connectivity index (χ1) is 16.4. The molecule has 0 fully saturated rings. The van der Waals surface area contributed by atoms with Crippen molar-refractivity contribution < 1.29 is 24.9 Å². The van der Waals surface area contributed by atoms with Crippen LogP contribution in [0.2, 0.25) is 0 Å². The monoisotopic (exact) mass is 472 g/mol. The fourth-order valence-corrected chi connectivity index (χ4v) is 2.85. The second-order valence-electron chi connectivity index (χ2n) is 7.35. The summed E-state index contributed by atoms with van der Waals surface area (Å²) in [6.07, 6.45) is 8.49. The molecule has 1 atom stereocenters. The molecule has 0 aliphatic heterocycles. The van der Waals surface area contributed by atoms with Crippen LogP contribution in [-0.4, -0.2) is 82.2 Å². The normalized spacial score (nSPS) is 13.0. The van der Waals surface area contributed by atoms with Crippen LogP contribution in [0.1, 0.15) is 39.5 Å². The van der Waals surface area contributed by atoms with Crippen LogP contribution in [0.15, 0.2) is 47.9 Å². The minimum absolute atomic E-state index is 0.00321. The third kappa shape index (κ3) is 13.3. The van der Waals surface area contributed by atoms with E-state index in [4.69, 9.17) is 10.2 Å². The summed E-state index contributed by atoms with van der Waals surface area (Å²) in [5, 5.41) is 46.5. The average molecular weight is 473 g/mol. The van der Waals surface area contributed by atoms with E-state index < -0.39 is 17.7 Å². The molecule has 0 aromatic carbocycles. The van der Waals surface area contributed by atoms with Crippen molar-refractivity contribution in [3.05, 3.63) is 47.9 Å². The van der Waals surface area contributed by atoms with Crippen LogP contribution in [0.25, 0.3) is 0 Å². The molecule has 9 nitrogen and oxygen atoms in total. The van der Waals surface area contributed by atoms with E-state index in [1.165, 1.54) is 12.2 Å². The molecule has 0 bridgehead atoms. The predicted octanol–water partition coefficient (Wildman–Crippen LogP) is 1.60. The molecule has 186 valence electrons. The highest BCUT2D eigenvalue weighted by Crippen LogP contribution is 2.11. The molecular formula is C25H36N4O5. The highest BCUT2D eigenvalue weighted by Gasteiger charge is 2.15. The standard InChI is InChI=1S/C25H36N4O5/c1-3-28(15-17-30)13-5-7-21(19-26)24(33)11-9-23(32)10-12-25(34)22(20-27)8-6-14-29(4-2)16-18-31/h5-8,13-14,23,30-32H,3-4,9-12,15-18H2,1-2H3/b13-5+,14-6+,21-7-,22-8+. The summed E-state index contributed by atoms with van der Waals surface area (Å²) >= 11 is 0. The molecule has 1 unspecified atom stereocenters. The van der Waals surface area contributed by atoms with Gasteiger partial charge in [0.05, 0.1) is 30.5 Å². The zero-order chi connectivity index (χ0) is 25.8. The lowest BCUT2D eigenvalue weighted by atomic mass is 10.00. The lowest BCUT2D eigenvalue weighted by Crippen LogP contribution is -2.20. The van der Waals surface area contributed by atoms with Gasteiger partial charge in [-0.2, -0.15) is 10.5 Å². The molecule has 0 heterocycles. The molecule has 34 heavy (non-hydrogen) atoms. The maximum absolute atomic E-state index is 12.3. The Hall–Kier alpha value is -3.24. The number of carbonyl (C=O) groups excluding carboxylic acids is 2. The summed E-state index contributed by atoms with van der Waals surface area (Å²) in [5.41, 5.74) is -0.0771. The van der Waals surface area contributed by atoms with Gasteiger partial charge in [-0.15, -0.1) is 0 Å². The minimum Gasteiger partial charge on any atom is -0.395 e. The van der Waals surface area contributed by atoms with Crippen molar-refractivity contribution in [2.24, 2.45) is 0 Å². The van der Waals surface area contributed by atoms with Crippen LogP contribution < -0.4 is 0 Å². The van der Waals surface area contributed by atoms with Gasteiger partial charge >= 0.3 is 0 Å². The smallest absolute Gasteiger partial charge is 0.173 e. The van der Waals surface area contributed by atoms with E-state index in [1.54, 1.807) is 24.6 Å². The predicted molar refractivity (Wildman–Crippen MR) is 129 cm³/mol. The fraction of sp³-hybridized carbons (Fsp3) is 0.520. The lowest BCUT2D eigenvalue weighted by Gasteiger charge is -2.15. The van der Waals surface area contributed by atoms with Gasteiger partial charge in [0.15, 0.2) is 11.6 Å². The number of hydrogen-bond acceptors (Lipinski definition) is 9. The van der Waals surface area contributed by atoms with E-state index in [1.807, 2.05) is 35.8 Å². The molecule has 0 aliphatic carbocycles. The van der Waals surface area contributed by atoms with Gasteiger partial charge in [-0.25, -0.2) is 0 Å². The summed E-state index contributed by atoms with van der Waals surface area (Å²) in [4.78, 5) is 28.2. The van der Waals surface area contributed by atoms with Crippen molar-refractivity contribution in [3.63, 3.8) is 0 Å². The van der Waals surface area contributed by atoms with E-state index >= 15 is 0 Å². The van der Waals surface area contributed by atoms with Gasteiger partial charge in [0, 0.05) is 39.0 Å². The van der Waals surface area contributed by atoms with Crippen molar-refractivity contribution in [1.82, 2.24) is 9.80 Å². The Bertz CT molecular complexity index is 765. The van der Waals surface area contributed by atoms with Crippen LogP contribution in [0, 0.1) is 22.7 Å². The number of likely N-dealkylation sites (N-methyl/N-ethyl adjacent to an activating group) is 2. The van der Waals surface area contributed by atoms with Crippen LogP contribution in [0.5, 0.6) is 0 Å². The van der Waals surface area contributed by atoms with Crippen molar-refractivity contribution in [3.8, 4) is 12.1 Å². The van der Waals surface area contributed by atoms with Gasteiger partial charge in [-0.1, -0.05) is 0 Å². The second-order valence-corrected chi connectivity index (χ2v) is 7.35. The number of aliphatic hydroxyl groups excluding tert-OH is 3. The molecule has 0 rings (SSSR count). The first-order valence-electron chi connectivity index (χ1n) is 11.4. The third-order valence-electron chi connectivity index (χ3n) is 4.96. The summed E-state index contributed by atoms with van der Waals surface area (Å²) in [7, 11) is 0. The van der Waals surface area contributed by atoms with E-state index in [2.05, 4.69) is 0 Å². The Balaban J connectivity index is 4.72. The first-order valence-corrected chi connectivity index (χ1v) is 11.4. The number of Topliss-reactive ketones (excluding diaryl/α,β-unsaturated/α-hetero) is 2. The Kier molecular flexibility index (Phi) is 17.4. The molecule has 0 aromatic rings. The van der Waals surface area contributed by atoms with Crippen molar-refractivity contribution in [2.75, 3.05) is 39.4 Å². The Morgan fingerprint density at radius 3 is 1.50 bits per heavy atom. The summed E-state index contributed by atoms with van der Waals surface area (Å²) in [6.45, 7) is 6.06. The van der Waals surface area contributed by atoms with Gasteiger partial charge < -0.3 is 25.1 Å². The van der Waals surface area contributed by atoms with Crippen molar-refractivity contribution >= 4 is 11.6 Å². The fourth-order valence-electron chi connectivity index (χ4n) is 2.85. The SMILES string of the molecule is CCN(/C=C/C=C(/C#N)C(=O)CCC(O)CCC(=O)/C(C#N)=C/C=C/N(CC)CCO)CCO. The Morgan fingerprint density at radius 2 is 1.21 bits per heavy atom. The van der Waals surface area contributed by atoms with Gasteiger partial charge in [0.25, 0.3) is 0 Å². The number of rotatable bonds is 18. The molecule has 0 saturated heterocycles. The maximum Gasteiger partial charge on any atom is 0.173 e. The highest BCUT2D eigenvalue weighted by molar-refractivity contribution is 5.99. The number of nitriles is 2. The lowest BCUT2D eigenvalue weighted by molar-refractivity contribution is -0.115. The maximum atomic E-state index is 12.3. The minimum atomic E-state index is -0.917. The number of allylic oxidation sites excluding steroid dienone is 6. The molecule has 9 heteroatoms. The largest absolute Gasteiger partial charge is 0.395 e. The Labute approximate surface area is 202 Å². The molecule has 0 spiro atoms.